The van der Waals surface area contributed by atoms with Gasteiger partial charge in [0.25, 0.3) is 11.8 Å². The quantitative estimate of drug-likeness (QED) is 0.164. The first kappa shape index (κ1) is 35.2. The summed E-state index contributed by atoms with van der Waals surface area (Å²) in [7, 11) is 0. The molecule has 4 amide bonds. The second-order valence-electron chi connectivity index (χ2n) is 13.3. The van der Waals surface area contributed by atoms with Gasteiger partial charge in [-0.05, 0) is 72.9 Å². The van der Waals surface area contributed by atoms with Gasteiger partial charge in [0.15, 0.2) is 0 Å². The Balaban J connectivity index is 1.02. The Bertz CT molecular complexity index is 1740. The highest BCUT2D eigenvalue weighted by atomic mass is 32.1. The van der Waals surface area contributed by atoms with Crippen molar-refractivity contribution < 1.29 is 19.2 Å². The van der Waals surface area contributed by atoms with E-state index in [9.17, 15) is 19.2 Å². The first-order chi connectivity index (χ1) is 24.1. The molecule has 6 rings (SSSR count). The van der Waals surface area contributed by atoms with Crippen LogP contribution in [0.1, 0.15) is 107 Å². The molecule has 2 atom stereocenters. The highest BCUT2D eigenvalue weighted by molar-refractivity contribution is 7.10. The van der Waals surface area contributed by atoms with Gasteiger partial charge >= 0.3 is 0 Å². The first-order valence-electron chi connectivity index (χ1n) is 17.1. The first-order valence-corrected chi connectivity index (χ1v) is 18.8. The molecule has 0 bridgehead atoms. The minimum atomic E-state index is -0.530. The minimum Gasteiger partial charge on any atom is -0.325 e. The summed E-state index contributed by atoms with van der Waals surface area (Å²) in [5.74, 6) is -0.362. The zero-order valence-electron chi connectivity index (χ0n) is 28.7. The van der Waals surface area contributed by atoms with Gasteiger partial charge in [0.2, 0.25) is 11.8 Å². The van der Waals surface area contributed by atoms with Gasteiger partial charge in [-0.15, -0.1) is 22.7 Å². The van der Waals surface area contributed by atoms with Crippen LogP contribution in [0.4, 0.5) is 11.4 Å². The van der Waals surface area contributed by atoms with E-state index >= 15 is 0 Å². The topological polar surface area (TPSA) is 125 Å². The Morgan fingerprint density at radius 3 is 1.40 bits per heavy atom. The lowest BCUT2D eigenvalue weighted by Gasteiger charge is -2.24. The number of hydrogen-bond donors (Lipinski definition) is 2. The number of carbonyl (C=O) groups excluding carboxylic acids is 4. The van der Waals surface area contributed by atoms with Crippen molar-refractivity contribution in [3.05, 3.63) is 91.8 Å². The molecule has 2 N–H and O–H groups in total. The Kier molecular flexibility index (Phi) is 10.9. The van der Waals surface area contributed by atoms with Gasteiger partial charge in [0.05, 0.1) is 11.0 Å². The lowest BCUT2D eigenvalue weighted by molar-refractivity contribution is -0.120. The van der Waals surface area contributed by atoms with E-state index in [2.05, 4.69) is 20.6 Å². The summed E-state index contributed by atoms with van der Waals surface area (Å²) in [6.45, 7) is 9.24. The number of hydrogen-bond acceptors (Lipinski definition) is 8. The molecule has 4 heterocycles. The molecule has 260 valence electrons. The molecule has 4 aromatic rings. The fourth-order valence-electron chi connectivity index (χ4n) is 6.49. The number of thiazole rings is 2. The predicted octanol–water partition coefficient (Wildman–Crippen LogP) is 7.50. The van der Waals surface area contributed by atoms with Crippen molar-refractivity contribution in [3.8, 4) is 0 Å². The number of carbonyl (C=O) groups is 4. The van der Waals surface area contributed by atoms with Gasteiger partial charge in [0.1, 0.15) is 23.5 Å². The molecule has 0 unspecified atom stereocenters. The molecule has 2 aliphatic heterocycles. The van der Waals surface area contributed by atoms with Crippen LogP contribution in [0.15, 0.2) is 59.6 Å². The summed E-state index contributed by atoms with van der Waals surface area (Å²) in [5.41, 5.74) is 7.54. The van der Waals surface area contributed by atoms with Gasteiger partial charge in [-0.3, -0.25) is 19.2 Å². The molecule has 0 aliphatic carbocycles. The normalized spacial score (nSPS) is 17.6. The molecule has 2 saturated heterocycles. The smallest absolute Gasteiger partial charge is 0.274 e. The fraction of sp³-hybridized carbons (Fsp3) is 0.368. The van der Waals surface area contributed by atoms with Crippen molar-refractivity contribution in [2.24, 2.45) is 0 Å². The summed E-state index contributed by atoms with van der Waals surface area (Å²) in [6, 6.07) is 14.0. The van der Waals surface area contributed by atoms with Gasteiger partial charge in [-0.25, -0.2) is 9.97 Å². The molecule has 2 aromatic heterocycles. The van der Waals surface area contributed by atoms with E-state index < -0.39 is 12.1 Å². The lowest BCUT2D eigenvalue weighted by Crippen LogP contribution is -2.43. The van der Waals surface area contributed by atoms with Crippen molar-refractivity contribution in [2.45, 2.75) is 77.3 Å². The summed E-state index contributed by atoms with van der Waals surface area (Å²) in [5, 5.41) is 5.97. The number of likely N-dealkylation sites (tertiary alicyclic amines) is 2. The Morgan fingerprint density at radius 1 is 0.660 bits per heavy atom. The molecule has 0 radical (unpaired) electrons. The van der Waals surface area contributed by atoms with E-state index in [1.807, 2.05) is 88.4 Å². The molecule has 0 saturated carbocycles. The summed E-state index contributed by atoms with van der Waals surface area (Å²) >= 11 is 2.95. The Labute approximate surface area is 300 Å². The van der Waals surface area contributed by atoms with Crippen LogP contribution in [0.5, 0.6) is 0 Å². The third-order valence-electron chi connectivity index (χ3n) is 9.10. The van der Waals surface area contributed by atoms with E-state index in [0.717, 1.165) is 33.7 Å². The van der Waals surface area contributed by atoms with Crippen molar-refractivity contribution in [1.82, 2.24) is 19.8 Å². The van der Waals surface area contributed by atoms with Crippen LogP contribution in [0.2, 0.25) is 0 Å². The number of amides is 4. The van der Waals surface area contributed by atoms with Crippen LogP contribution in [-0.4, -0.2) is 68.6 Å². The number of aromatic nitrogens is 2. The third kappa shape index (κ3) is 7.71. The average molecular weight is 711 g/mol. The molecule has 2 fully saturated rings. The highest BCUT2D eigenvalue weighted by Crippen LogP contribution is 2.30. The van der Waals surface area contributed by atoms with Crippen LogP contribution in [0, 0.1) is 0 Å². The van der Waals surface area contributed by atoms with Crippen molar-refractivity contribution in [2.75, 3.05) is 23.7 Å². The zero-order chi connectivity index (χ0) is 35.4. The van der Waals surface area contributed by atoms with Crippen LogP contribution >= 0.6 is 22.7 Å². The standard InChI is InChI=1S/C38H42N6O4S2/c1-23(2)33-31(39-21-49-33)37(47)43-19-5-7-29(43)35(45)41-27-15-11-25(12-16-27)9-10-26-13-17-28(18-14-26)42-36(46)30-8-6-20-44(30)38(48)32-34(24(3)4)50-22-40-32/h9-18,21-24,29-30H,5-8,19-20H2,1-4H3,(H,41,45)(H,42,46)/b10-9+/t29-,30-/m0/s1. The van der Waals surface area contributed by atoms with Gasteiger partial charge in [-0.1, -0.05) is 64.1 Å². The van der Waals surface area contributed by atoms with Crippen molar-refractivity contribution in [1.29, 1.82) is 0 Å². The number of rotatable bonds is 10. The second-order valence-corrected chi connectivity index (χ2v) is 15.1. The third-order valence-corrected chi connectivity index (χ3v) is 11.4. The maximum absolute atomic E-state index is 13.3. The molecule has 0 spiro atoms. The minimum absolute atomic E-state index is 0.178. The highest BCUT2D eigenvalue weighted by Gasteiger charge is 2.37. The maximum Gasteiger partial charge on any atom is 0.274 e. The van der Waals surface area contributed by atoms with Crippen LogP contribution < -0.4 is 10.6 Å². The van der Waals surface area contributed by atoms with Crippen molar-refractivity contribution >= 4 is 69.8 Å². The monoisotopic (exact) mass is 710 g/mol. The second kappa shape index (κ2) is 15.5. The van der Waals surface area contributed by atoms with E-state index in [1.165, 1.54) is 22.7 Å². The molecule has 50 heavy (non-hydrogen) atoms. The van der Waals surface area contributed by atoms with Gasteiger partial charge in [0, 0.05) is 34.2 Å². The molecular formula is C38H42N6O4S2. The van der Waals surface area contributed by atoms with E-state index in [-0.39, 0.29) is 35.5 Å². The van der Waals surface area contributed by atoms with Crippen LogP contribution in [0.25, 0.3) is 12.2 Å². The molecule has 2 aliphatic rings. The number of benzene rings is 2. The van der Waals surface area contributed by atoms with Gasteiger partial charge in [-0.2, -0.15) is 0 Å². The summed E-state index contributed by atoms with van der Waals surface area (Å²) in [6.07, 6.45) is 6.73. The van der Waals surface area contributed by atoms with E-state index in [4.69, 9.17) is 0 Å². The molecular weight excluding hydrogens is 669 g/mol. The van der Waals surface area contributed by atoms with E-state index in [1.54, 1.807) is 20.8 Å². The summed E-state index contributed by atoms with van der Waals surface area (Å²) in [4.78, 5) is 66.9. The fourth-order valence-corrected chi connectivity index (χ4v) is 8.08. The Morgan fingerprint density at radius 2 is 1.04 bits per heavy atom. The average Bonchev–Trinajstić information content (AvgIpc) is 3.94. The zero-order valence-corrected chi connectivity index (χ0v) is 30.4. The summed E-state index contributed by atoms with van der Waals surface area (Å²) < 4.78 is 0. The predicted molar refractivity (Wildman–Crippen MR) is 200 cm³/mol. The maximum atomic E-state index is 13.3. The largest absolute Gasteiger partial charge is 0.325 e. The lowest BCUT2D eigenvalue weighted by atomic mass is 10.1. The Hall–Kier alpha value is -4.68. The number of nitrogens with one attached hydrogen (secondary N) is 2. The van der Waals surface area contributed by atoms with Crippen LogP contribution in [-0.2, 0) is 9.59 Å². The number of nitrogens with zero attached hydrogens (tertiary/aromatic N) is 4. The molecule has 12 heteroatoms. The SMILES string of the molecule is CC(C)c1scnc1C(=O)N1CCC[C@H]1C(=O)Nc1ccc(/C=C/c2ccc(NC(=O)[C@@H]3CCCN3C(=O)c3ncsc3C(C)C)cc2)cc1. The van der Waals surface area contributed by atoms with Crippen molar-refractivity contribution in [3.63, 3.8) is 0 Å². The number of anilines is 2. The molecule has 2 aromatic carbocycles. The van der Waals surface area contributed by atoms with Crippen LogP contribution in [0.3, 0.4) is 0 Å². The molecule has 10 nitrogen and oxygen atoms in total. The van der Waals surface area contributed by atoms with E-state index in [0.29, 0.717) is 48.7 Å². The van der Waals surface area contributed by atoms with Gasteiger partial charge < -0.3 is 20.4 Å².